The van der Waals surface area contributed by atoms with E-state index in [0.717, 1.165) is 33.9 Å². The average Bonchev–Trinajstić information content (AvgIpc) is 3.66. The number of nitrogens with zero attached hydrogens (tertiary/aromatic N) is 2. The first-order valence-electron chi connectivity index (χ1n) is 19.6. The van der Waals surface area contributed by atoms with Crippen LogP contribution in [0.4, 0.5) is 0 Å². The first kappa shape index (κ1) is 32.3. The smallest absolute Gasteiger partial charge is 0.160 e. The van der Waals surface area contributed by atoms with Gasteiger partial charge in [0.15, 0.2) is 5.82 Å². The van der Waals surface area contributed by atoms with E-state index in [4.69, 9.17) is 9.97 Å². The van der Waals surface area contributed by atoms with Crippen molar-refractivity contribution in [2.45, 2.75) is 38.0 Å². The predicted molar refractivity (Wildman–Crippen MR) is 235 cm³/mol. The van der Waals surface area contributed by atoms with E-state index in [-0.39, 0.29) is 0 Å². The van der Waals surface area contributed by atoms with Crippen molar-refractivity contribution in [3.05, 3.63) is 169 Å². The molecule has 0 atom stereocenters. The van der Waals surface area contributed by atoms with Crippen LogP contribution >= 0.6 is 11.3 Å². The molecule has 0 N–H and O–H groups in total. The molecule has 1 aliphatic rings. The van der Waals surface area contributed by atoms with E-state index in [2.05, 4.69) is 158 Å². The largest absolute Gasteiger partial charge is 0.228 e. The molecular weight excluding hydrogens is 685 g/mol. The number of hydrogen-bond donors (Lipinski definition) is 0. The molecule has 0 aliphatic heterocycles. The third-order valence-corrected chi connectivity index (χ3v) is 13.2. The quantitative estimate of drug-likeness (QED) is 0.165. The third kappa shape index (κ3) is 5.53. The number of fused-ring (bicyclic) bond motifs is 9. The van der Waals surface area contributed by atoms with E-state index in [0.29, 0.717) is 5.92 Å². The van der Waals surface area contributed by atoms with Gasteiger partial charge in [-0.25, -0.2) is 9.97 Å². The Morgan fingerprint density at radius 1 is 0.382 bits per heavy atom. The van der Waals surface area contributed by atoms with Crippen molar-refractivity contribution in [1.29, 1.82) is 0 Å². The van der Waals surface area contributed by atoms with Gasteiger partial charge in [0.25, 0.3) is 0 Å². The SMILES string of the molecule is c1ccc(-c2nc(-c3ccc4c5ccccc5c5ccccc5c4c3)cc(-c3cccc4c3sc3c(-c5ccc(C6CCCCC6)cc5)cccc34)n2)cc1. The average molecular weight is 723 g/mol. The predicted octanol–water partition coefficient (Wildman–Crippen LogP) is 15.0. The summed E-state index contributed by atoms with van der Waals surface area (Å²) in [5.74, 6) is 1.44. The van der Waals surface area contributed by atoms with Gasteiger partial charge in [-0.1, -0.05) is 171 Å². The maximum atomic E-state index is 5.30. The molecule has 0 spiro atoms. The highest BCUT2D eigenvalue weighted by atomic mass is 32.1. The van der Waals surface area contributed by atoms with Gasteiger partial charge in [-0.05, 0) is 79.9 Å². The molecule has 0 bridgehead atoms. The van der Waals surface area contributed by atoms with Crippen molar-refractivity contribution in [1.82, 2.24) is 9.97 Å². The van der Waals surface area contributed by atoms with E-state index < -0.39 is 0 Å². The van der Waals surface area contributed by atoms with Crippen molar-refractivity contribution < 1.29 is 0 Å². The minimum Gasteiger partial charge on any atom is -0.228 e. The molecule has 0 radical (unpaired) electrons. The van der Waals surface area contributed by atoms with Crippen LogP contribution in [0.15, 0.2) is 164 Å². The van der Waals surface area contributed by atoms with Crippen LogP contribution in [0.1, 0.15) is 43.6 Å². The molecule has 262 valence electrons. The summed E-state index contributed by atoms with van der Waals surface area (Å²) in [6, 6.07) is 59.9. The molecule has 55 heavy (non-hydrogen) atoms. The second-order valence-corrected chi connectivity index (χ2v) is 16.1. The Labute approximate surface area is 324 Å². The van der Waals surface area contributed by atoms with Gasteiger partial charge in [-0.3, -0.25) is 0 Å². The van der Waals surface area contributed by atoms with Crippen molar-refractivity contribution in [2.24, 2.45) is 0 Å². The molecule has 0 unspecified atom stereocenters. The second-order valence-electron chi connectivity index (χ2n) is 15.1. The molecule has 11 rings (SSSR count). The van der Waals surface area contributed by atoms with Crippen LogP contribution in [0.2, 0.25) is 0 Å². The molecule has 3 heteroatoms. The number of benzene rings is 8. The highest BCUT2D eigenvalue weighted by Gasteiger charge is 2.19. The van der Waals surface area contributed by atoms with E-state index in [1.807, 2.05) is 17.4 Å². The Hall–Kier alpha value is -6.16. The summed E-state index contributed by atoms with van der Waals surface area (Å²) in [7, 11) is 0. The Morgan fingerprint density at radius 3 is 1.62 bits per heavy atom. The molecule has 2 nitrogen and oxygen atoms in total. The zero-order chi connectivity index (χ0) is 36.3. The molecule has 10 aromatic rings. The van der Waals surface area contributed by atoms with Crippen LogP contribution in [-0.4, -0.2) is 9.97 Å². The van der Waals surface area contributed by atoms with Gasteiger partial charge in [-0.2, -0.15) is 0 Å². The summed E-state index contributed by atoms with van der Waals surface area (Å²) in [6.45, 7) is 0. The van der Waals surface area contributed by atoms with E-state index in [9.17, 15) is 0 Å². The van der Waals surface area contributed by atoms with Crippen LogP contribution in [0.5, 0.6) is 0 Å². The van der Waals surface area contributed by atoms with Crippen molar-refractivity contribution in [3.63, 3.8) is 0 Å². The lowest BCUT2D eigenvalue weighted by Crippen LogP contribution is -2.04. The molecule has 8 aromatic carbocycles. The standard InChI is InChI=1S/C52H38N2S/c1-3-13-33(14-4-1)34-25-27-35(28-26-34)38-21-11-22-44-45-23-12-24-46(51(45)55-50(38)44)49-32-48(53-52(54-49)36-15-5-2-6-16-36)37-29-30-43-41-19-8-7-17-39(41)40-18-9-10-20-42(40)47(43)31-37/h2,5-12,15-33H,1,3-4,13-14H2. The fraction of sp³-hybridized carbons (Fsp3) is 0.115. The maximum absolute atomic E-state index is 5.30. The Bertz CT molecular complexity index is 3030. The number of aromatic nitrogens is 2. The van der Waals surface area contributed by atoms with E-state index in [1.54, 1.807) is 0 Å². The monoisotopic (exact) mass is 722 g/mol. The first-order valence-corrected chi connectivity index (χ1v) is 20.4. The highest BCUT2D eigenvalue weighted by Crippen LogP contribution is 2.45. The minimum atomic E-state index is 0.706. The molecule has 1 aliphatic carbocycles. The van der Waals surface area contributed by atoms with Crippen LogP contribution in [0, 0.1) is 0 Å². The van der Waals surface area contributed by atoms with Crippen LogP contribution < -0.4 is 0 Å². The first-order chi connectivity index (χ1) is 27.3. The summed E-state index contributed by atoms with van der Waals surface area (Å²) in [5, 5.41) is 10.1. The van der Waals surface area contributed by atoms with Crippen molar-refractivity contribution in [2.75, 3.05) is 0 Å². The number of rotatable bonds is 5. The lowest BCUT2D eigenvalue weighted by molar-refractivity contribution is 0.443. The van der Waals surface area contributed by atoms with Crippen LogP contribution in [0.3, 0.4) is 0 Å². The Balaban J connectivity index is 1.08. The fourth-order valence-corrected chi connectivity index (χ4v) is 10.5. The van der Waals surface area contributed by atoms with Crippen LogP contribution in [0.25, 0.3) is 97.5 Å². The topological polar surface area (TPSA) is 25.8 Å². The van der Waals surface area contributed by atoms with E-state index in [1.165, 1.54) is 101 Å². The second kappa shape index (κ2) is 13.3. The maximum Gasteiger partial charge on any atom is 0.160 e. The van der Waals surface area contributed by atoms with Crippen molar-refractivity contribution in [3.8, 4) is 45.0 Å². The van der Waals surface area contributed by atoms with Gasteiger partial charge in [0.05, 0.1) is 11.4 Å². The van der Waals surface area contributed by atoms with Gasteiger partial charge >= 0.3 is 0 Å². The van der Waals surface area contributed by atoms with Gasteiger partial charge in [-0.15, -0.1) is 11.3 Å². The highest BCUT2D eigenvalue weighted by molar-refractivity contribution is 7.26. The molecule has 0 saturated heterocycles. The summed E-state index contributed by atoms with van der Waals surface area (Å²) in [4.78, 5) is 10.6. The van der Waals surface area contributed by atoms with Crippen molar-refractivity contribution >= 4 is 63.8 Å². The zero-order valence-electron chi connectivity index (χ0n) is 30.5. The lowest BCUT2D eigenvalue weighted by Gasteiger charge is -2.22. The van der Waals surface area contributed by atoms with Gasteiger partial charge in [0.2, 0.25) is 0 Å². The summed E-state index contributed by atoms with van der Waals surface area (Å²) >= 11 is 1.88. The Morgan fingerprint density at radius 2 is 0.927 bits per heavy atom. The van der Waals surface area contributed by atoms with Gasteiger partial charge < -0.3 is 0 Å². The number of hydrogen-bond acceptors (Lipinski definition) is 3. The van der Waals surface area contributed by atoms with E-state index >= 15 is 0 Å². The molecular formula is C52H38N2S. The minimum absolute atomic E-state index is 0.706. The number of thiophene rings is 1. The lowest BCUT2D eigenvalue weighted by atomic mass is 9.83. The molecule has 1 fully saturated rings. The summed E-state index contributed by atoms with van der Waals surface area (Å²) in [6.07, 6.45) is 6.73. The summed E-state index contributed by atoms with van der Waals surface area (Å²) in [5.41, 5.74) is 9.14. The zero-order valence-corrected chi connectivity index (χ0v) is 31.3. The molecule has 2 aromatic heterocycles. The summed E-state index contributed by atoms with van der Waals surface area (Å²) < 4.78 is 2.57. The molecule has 1 saturated carbocycles. The normalized spacial score (nSPS) is 13.7. The molecule has 2 heterocycles. The molecule has 0 amide bonds. The Kier molecular flexibility index (Phi) is 7.81. The van der Waals surface area contributed by atoms with Gasteiger partial charge in [0.1, 0.15) is 0 Å². The fourth-order valence-electron chi connectivity index (χ4n) is 9.14. The van der Waals surface area contributed by atoms with Gasteiger partial charge in [0, 0.05) is 36.9 Å². The third-order valence-electron chi connectivity index (χ3n) is 11.9. The van der Waals surface area contributed by atoms with Crippen LogP contribution in [-0.2, 0) is 0 Å².